The average Bonchev–Trinajstić information content (AvgIpc) is 3.06. The Bertz CT molecular complexity index is 714. The second-order valence-corrected chi connectivity index (χ2v) is 8.06. The Kier molecular flexibility index (Phi) is 6.38. The molecule has 1 aromatic heterocycles. The van der Waals surface area contributed by atoms with Gasteiger partial charge in [-0.15, -0.1) is 11.3 Å². The summed E-state index contributed by atoms with van der Waals surface area (Å²) in [4.78, 5) is 5.84. The van der Waals surface area contributed by atoms with Crippen LogP contribution in [0.5, 0.6) is 11.5 Å². The molecule has 1 saturated carbocycles. The van der Waals surface area contributed by atoms with Crippen LogP contribution in [-0.4, -0.2) is 19.2 Å². The average molecular weight is 376 g/mol. The van der Waals surface area contributed by atoms with Crippen molar-refractivity contribution in [3.8, 4) is 22.8 Å². The standard InChI is InChI=1S/C20H29N3O2S/c1-24-15-10-14(12-21)11-16(25-2)18(15)19-17(26-20(22)23-19)9-8-13-6-4-3-5-7-13/h10-11,13H,3-9,12,21H2,1-2H3,(H2,22,23). The second kappa shape index (κ2) is 8.73. The molecule has 26 heavy (non-hydrogen) atoms. The maximum Gasteiger partial charge on any atom is 0.180 e. The molecule has 0 unspecified atom stereocenters. The van der Waals surface area contributed by atoms with E-state index in [2.05, 4.69) is 4.98 Å². The van der Waals surface area contributed by atoms with Gasteiger partial charge in [0.15, 0.2) is 5.13 Å². The molecular weight excluding hydrogens is 346 g/mol. The summed E-state index contributed by atoms with van der Waals surface area (Å²) in [5, 5.41) is 0.589. The fourth-order valence-electron chi connectivity index (χ4n) is 3.86. The smallest absolute Gasteiger partial charge is 0.180 e. The van der Waals surface area contributed by atoms with Crippen molar-refractivity contribution >= 4 is 16.5 Å². The number of nitrogen functional groups attached to an aromatic ring is 1. The summed E-state index contributed by atoms with van der Waals surface area (Å²) in [6.45, 7) is 0.431. The molecule has 1 aliphatic carbocycles. The molecule has 2 aromatic rings. The third kappa shape index (κ3) is 4.13. The Morgan fingerprint density at radius 2 is 1.77 bits per heavy atom. The van der Waals surface area contributed by atoms with Crippen LogP contribution in [0.2, 0.25) is 0 Å². The van der Waals surface area contributed by atoms with Gasteiger partial charge >= 0.3 is 0 Å². The molecule has 0 amide bonds. The number of thiazole rings is 1. The molecule has 1 heterocycles. The zero-order chi connectivity index (χ0) is 18.5. The summed E-state index contributed by atoms with van der Waals surface area (Å²) < 4.78 is 11.3. The van der Waals surface area contributed by atoms with Crippen molar-refractivity contribution in [2.45, 2.75) is 51.5 Å². The van der Waals surface area contributed by atoms with Crippen LogP contribution in [0.1, 0.15) is 49.0 Å². The molecule has 6 heteroatoms. The van der Waals surface area contributed by atoms with E-state index < -0.39 is 0 Å². The lowest BCUT2D eigenvalue weighted by Crippen LogP contribution is -2.07. The number of methoxy groups -OCH3 is 2. The Morgan fingerprint density at radius 3 is 2.35 bits per heavy atom. The molecule has 0 spiro atoms. The molecule has 0 aliphatic heterocycles. The van der Waals surface area contributed by atoms with E-state index in [1.165, 1.54) is 43.4 Å². The highest BCUT2D eigenvalue weighted by molar-refractivity contribution is 7.15. The number of aryl methyl sites for hydroxylation is 1. The van der Waals surface area contributed by atoms with Crippen molar-refractivity contribution in [1.82, 2.24) is 4.98 Å². The number of aromatic nitrogens is 1. The minimum Gasteiger partial charge on any atom is -0.496 e. The van der Waals surface area contributed by atoms with Gasteiger partial charge in [0.25, 0.3) is 0 Å². The number of nitrogens with zero attached hydrogens (tertiary/aromatic N) is 1. The van der Waals surface area contributed by atoms with Crippen LogP contribution in [0.4, 0.5) is 5.13 Å². The van der Waals surface area contributed by atoms with Crippen molar-refractivity contribution in [3.05, 3.63) is 22.6 Å². The van der Waals surface area contributed by atoms with Gasteiger partial charge in [0.1, 0.15) is 11.5 Å². The van der Waals surface area contributed by atoms with Crippen LogP contribution in [0, 0.1) is 5.92 Å². The van der Waals surface area contributed by atoms with E-state index >= 15 is 0 Å². The van der Waals surface area contributed by atoms with Crippen molar-refractivity contribution in [2.24, 2.45) is 11.7 Å². The summed E-state index contributed by atoms with van der Waals surface area (Å²) in [7, 11) is 3.33. The summed E-state index contributed by atoms with van der Waals surface area (Å²) in [6.07, 6.45) is 9.01. The fourth-order valence-corrected chi connectivity index (χ4v) is 4.72. The molecule has 0 radical (unpaired) electrons. The predicted molar refractivity (Wildman–Crippen MR) is 108 cm³/mol. The molecule has 0 bridgehead atoms. The molecular formula is C20H29N3O2S. The highest BCUT2D eigenvalue weighted by Gasteiger charge is 2.22. The molecule has 1 aromatic carbocycles. The molecule has 0 atom stereocenters. The van der Waals surface area contributed by atoms with Gasteiger partial charge in [-0.05, 0) is 36.5 Å². The van der Waals surface area contributed by atoms with Gasteiger partial charge in [0, 0.05) is 11.4 Å². The van der Waals surface area contributed by atoms with Gasteiger partial charge in [-0.2, -0.15) is 0 Å². The van der Waals surface area contributed by atoms with Gasteiger partial charge in [0.2, 0.25) is 0 Å². The van der Waals surface area contributed by atoms with E-state index in [1.54, 1.807) is 25.6 Å². The van der Waals surface area contributed by atoms with Crippen LogP contribution in [-0.2, 0) is 13.0 Å². The maximum absolute atomic E-state index is 6.07. The lowest BCUT2D eigenvalue weighted by Gasteiger charge is -2.21. The largest absolute Gasteiger partial charge is 0.496 e. The molecule has 142 valence electrons. The summed E-state index contributed by atoms with van der Waals surface area (Å²) in [5.74, 6) is 2.28. The first-order valence-electron chi connectivity index (χ1n) is 9.36. The first-order valence-corrected chi connectivity index (χ1v) is 10.2. The van der Waals surface area contributed by atoms with E-state index in [1.807, 2.05) is 12.1 Å². The molecule has 1 fully saturated rings. The topological polar surface area (TPSA) is 83.4 Å². The van der Waals surface area contributed by atoms with E-state index in [-0.39, 0.29) is 0 Å². The SMILES string of the molecule is COc1cc(CN)cc(OC)c1-c1nc(N)sc1CCC1CCCCC1. The maximum atomic E-state index is 6.07. The van der Waals surface area contributed by atoms with Gasteiger partial charge in [-0.1, -0.05) is 32.1 Å². The number of ether oxygens (including phenoxy) is 2. The third-order valence-electron chi connectivity index (χ3n) is 5.26. The monoisotopic (exact) mass is 375 g/mol. The van der Waals surface area contributed by atoms with E-state index in [9.17, 15) is 0 Å². The lowest BCUT2D eigenvalue weighted by molar-refractivity contribution is 0.340. The molecule has 4 N–H and O–H groups in total. The van der Waals surface area contributed by atoms with Crippen molar-refractivity contribution in [3.63, 3.8) is 0 Å². The van der Waals surface area contributed by atoms with Crippen molar-refractivity contribution < 1.29 is 9.47 Å². The predicted octanol–water partition coefficient (Wildman–Crippen LogP) is 4.38. The Labute approximate surface area is 159 Å². The highest BCUT2D eigenvalue weighted by atomic mass is 32.1. The number of nitrogens with two attached hydrogens (primary N) is 2. The van der Waals surface area contributed by atoms with Crippen LogP contribution in [0.15, 0.2) is 12.1 Å². The first kappa shape index (κ1) is 19.0. The lowest BCUT2D eigenvalue weighted by atomic mass is 9.86. The number of hydrogen-bond acceptors (Lipinski definition) is 6. The van der Waals surface area contributed by atoms with Gasteiger partial charge in [0.05, 0.1) is 25.5 Å². The molecule has 3 rings (SSSR count). The van der Waals surface area contributed by atoms with Crippen LogP contribution < -0.4 is 20.9 Å². The second-order valence-electron chi connectivity index (χ2n) is 6.95. The van der Waals surface area contributed by atoms with E-state index in [0.29, 0.717) is 11.7 Å². The van der Waals surface area contributed by atoms with Gasteiger partial charge in [-0.3, -0.25) is 0 Å². The van der Waals surface area contributed by atoms with Crippen LogP contribution in [0.3, 0.4) is 0 Å². The Balaban J connectivity index is 1.93. The van der Waals surface area contributed by atoms with E-state index in [4.69, 9.17) is 20.9 Å². The number of benzene rings is 1. The summed E-state index contributed by atoms with van der Waals surface area (Å²) >= 11 is 1.58. The third-order valence-corrected chi connectivity index (χ3v) is 6.20. The minimum atomic E-state index is 0.431. The summed E-state index contributed by atoms with van der Waals surface area (Å²) in [5.41, 5.74) is 14.6. The molecule has 1 aliphatic rings. The fraction of sp³-hybridized carbons (Fsp3) is 0.550. The van der Waals surface area contributed by atoms with E-state index in [0.717, 1.165) is 40.7 Å². The van der Waals surface area contributed by atoms with Crippen molar-refractivity contribution in [2.75, 3.05) is 20.0 Å². The summed E-state index contributed by atoms with van der Waals surface area (Å²) in [6, 6.07) is 3.91. The molecule has 0 saturated heterocycles. The normalized spacial score (nSPS) is 15.2. The van der Waals surface area contributed by atoms with Crippen LogP contribution >= 0.6 is 11.3 Å². The zero-order valence-electron chi connectivity index (χ0n) is 15.7. The number of hydrogen-bond donors (Lipinski definition) is 2. The number of anilines is 1. The first-order chi connectivity index (χ1) is 12.7. The molecule has 5 nitrogen and oxygen atoms in total. The highest BCUT2D eigenvalue weighted by Crippen LogP contribution is 2.43. The minimum absolute atomic E-state index is 0.431. The number of rotatable bonds is 7. The Hall–Kier alpha value is -1.79. The quantitative estimate of drug-likeness (QED) is 0.750. The van der Waals surface area contributed by atoms with Gasteiger partial charge in [-0.25, -0.2) is 4.98 Å². The zero-order valence-corrected chi connectivity index (χ0v) is 16.5. The Morgan fingerprint density at radius 1 is 1.12 bits per heavy atom. The van der Waals surface area contributed by atoms with Crippen LogP contribution in [0.25, 0.3) is 11.3 Å². The van der Waals surface area contributed by atoms with Gasteiger partial charge < -0.3 is 20.9 Å². The van der Waals surface area contributed by atoms with Crippen molar-refractivity contribution in [1.29, 1.82) is 0 Å².